The van der Waals surface area contributed by atoms with Crippen molar-refractivity contribution in [1.29, 1.82) is 0 Å². The number of amides is 1. The molecule has 2 aromatic carbocycles. The van der Waals surface area contributed by atoms with Crippen LogP contribution in [0.4, 0.5) is 0 Å². The highest BCUT2D eigenvalue weighted by atomic mass is 16.1. The van der Waals surface area contributed by atoms with Gasteiger partial charge in [-0.15, -0.1) is 0 Å². The van der Waals surface area contributed by atoms with Gasteiger partial charge in [0.25, 0.3) is 5.91 Å². The van der Waals surface area contributed by atoms with E-state index in [2.05, 4.69) is 59.0 Å². The second kappa shape index (κ2) is 9.43. The lowest BCUT2D eigenvalue weighted by atomic mass is 10.1. The number of nitrogens with zero attached hydrogens (tertiary/aromatic N) is 2. The van der Waals surface area contributed by atoms with Gasteiger partial charge in [0.05, 0.1) is 11.4 Å². The molecule has 4 rings (SSSR count). The maximum absolute atomic E-state index is 12.5. The fourth-order valence-electron chi connectivity index (χ4n) is 3.87. The van der Waals surface area contributed by atoms with E-state index in [-0.39, 0.29) is 5.91 Å². The van der Waals surface area contributed by atoms with Gasteiger partial charge in [-0.25, -0.2) is 0 Å². The van der Waals surface area contributed by atoms with E-state index in [1.807, 2.05) is 48.5 Å². The minimum atomic E-state index is -0.0436. The van der Waals surface area contributed by atoms with Gasteiger partial charge in [-0.1, -0.05) is 42.5 Å². The molecule has 0 fully saturated rings. The van der Waals surface area contributed by atoms with Crippen LogP contribution in [0.2, 0.25) is 0 Å². The molecule has 4 aromatic rings. The van der Waals surface area contributed by atoms with Crippen LogP contribution in [0.25, 0.3) is 16.9 Å². The third kappa shape index (κ3) is 4.75. The summed E-state index contributed by atoms with van der Waals surface area (Å²) in [4.78, 5) is 17.1. The van der Waals surface area contributed by atoms with Gasteiger partial charge in [0, 0.05) is 35.3 Å². The fraction of sp³-hybridized carbons (Fsp3) is 0.185. The number of rotatable bonds is 7. The van der Waals surface area contributed by atoms with Crippen LogP contribution in [0.15, 0.2) is 85.1 Å². The van der Waals surface area contributed by atoms with Gasteiger partial charge in [-0.05, 0) is 68.7 Å². The molecule has 0 aliphatic carbocycles. The number of carbonyl (C=O) groups is 1. The molecule has 2 aromatic heterocycles. The molecule has 0 atom stereocenters. The average molecular weight is 410 g/mol. The van der Waals surface area contributed by atoms with Crippen molar-refractivity contribution in [3.05, 3.63) is 108 Å². The molecular formula is C27H27N3O. The van der Waals surface area contributed by atoms with Gasteiger partial charge in [-0.2, -0.15) is 0 Å². The van der Waals surface area contributed by atoms with Crippen LogP contribution in [0.5, 0.6) is 0 Å². The first-order chi connectivity index (χ1) is 15.1. The largest absolute Gasteiger partial charge is 0.352 e. The smallest absolute Gasteiger partial charge is 0.251 e. The van der Waals surface area contributed by atoms with E-state index in [0.717, 1.165) is 29.8 Å². The third-order valence-corrected chi connectivity index (χ3v) is 5.49. The lowest BCUT2D eigenvalue weighted by Gasteiger charge is -2.14. The highest BCUT2D eigenvalue weighted by Crippen LogP contribution is 2.27. The normalized spacial score (nSPS) is 10.8. The second-order valence-corrected chi connectivity index (χ2v) is 7.75. The molecule has 0 unspecified atom stereocenters. The maximum Gasteiger partial charge on any atom is 0.251 e. The Balaban J connectivity index is 1.44. The predicted octanol–water partition coefficient (Wildman–Crippen LogP) is 5.52. The van der Waals surface area contributed by atoms with Crippen LogP contribution >= 0.6 is 0 Å². The van der Waals surface area contributed by atoms with Crippen molar-refractivity contribution >= 4 is 5.91 Å². The molecule has 156 valence electrons. The van der Waals surface area contributed by atoms with E-state index in [0.29, 0.717) is 12.1 Å². The van der Waals surface area contributed by atoms with Crippen molar-refractivity contribution < 1.29 is 4.79 Å². The number of nitrogens with one attached hydrogen (secondary N) is 1. The van der Waals surface area contributed by atoms with Gasteiger partial charge in [0.1, 0.15) is 0 Å². The Hall–Kier alpha value is -3.66. The molecule has 0 bridgehead atoms. The summed E-state index contributed by atoms with van der Waals surface area (Å²) in [5.41, 5.74) is 7.22. The summed E-state index contributed by atoms with van der Waals surface area (Å²) >= 11 is 0. The zero-order valence-corrected chi connectivity index (χ0v) is 18.0. The summed E-state index contributed by atoms with van der Waals surface area (Å²) in [6, 6.07) is 26.3. The van der Waals surface area contributed by atoms with Crippen LogP contribution in [-0.2, 0) is 6.42 Å². The molecule has 31 heavy (non-hydrogen) atoms. The molecule has 0 saturated carbocycles. The average Bonchev–Trinajstić information content (AvgIpc) is 3.15. The van der Waals surface area contributed by atoms with Crippen LogP contribution in [0.1, 0.15) is 33.7 Å². The number of hydrogen-bond donors (Lipinski definition) is 1. The Labute approximate surface area is 183 Å². The topological polar surface area (TPSA) is 46.9 Å². The highest BCUT2D eigenvalue weighted by molar-refractivity contribution is 5.94. The molecule has 4 nitrogen and oxygen atoms in total. The lowest BCUT2D eigenvalue weighted by molar-refractivity contribution is 0.0953. The van der Waals surface area contributed by atoms with Gasteiger partial charge in [0.15, 0.2) is 0 Å². The molecule has 4 heteroatoms. The summed E-state index contributed by atoms with van der Waals surface area (Å²) in [5, 5.41) is 3.02. The Morgan fingerprint density at radius 1 is 0.871 bits per heavy atom. The number of pyridine rings is 1. The molecule has 0 aliphatic heterocycles. The van der Waals surface area contributed by atoms with Gasteiger partial charge < -0.3 is 9.88 Å². The summed E-state index contributed by atoms with van der Waals surface area (Å²) in [6.45, 7) is 4.84. The first-order valence-corrected chi connectivity index (χ1v) is 10.7. The van der Waals surface area contributed by atoms with Gasteiger partial charge in [0.2, 0.25) is 0 Å². The summed E-state index contributed by atoms with van der Waals surface area (Å²) in [6.07, 6.45) is 3.68. The molecular weight excluding hydrogens is 382 g/mol. The zero-order valence-electron chi connectivity index (χ0n) is 18.0. The molecule has 2 heterocycles. The molecule has 0 aliphatic rings. The van der Waals surface area contributed by atoms with Crippen LogP contribution < -0.4 is 5.32 Å². The van der Waals surface area contributed by atoms with E-state index < -0.39 is 0 Å². The summed E-state index contributed by atoms with van der Waals surface area (Å²) in [5.74, 6) is -0.0436. The van der Waals surface area contributed by atoms with Crippen molar-refractivity contribution in [3.8, 4) is 16.9 Å². The molecule has 1 N–H and O–H groups in total. The minimum absolute atomic E-state index is 0.0436. The summed E-state index contributed by atoms with van der Waals surface area (Å²) < 4.78 is 2.20. The molecule has 0 spiro atoms. The van der Waals surface area contributed by atoms with Crippen LogP contribution in [0.3, 0.4) is 0 Å². The number of hydrogen-bond acceptors (Lipinski definition) is 2. The Kier molecular flexibility index (Phi) is 6.27. The standard InChI is InChI=1S/C27H27N3O/c1-20-12-13-21(2)30(20)25-11-7-18-28-26(25)23-14-16-24(17-15-23)27(31)29-19-6-10-22-8-4-3-5-9-22/h3-5,7-9,11-18H,6,10,19H2,1-2H3,(H,29,31). The lowest BCUT2D eigenvalue weighted by Crippen LogP contribution is -2.24. The van der Waals surface area contributed by atoms with Crippen molar-refractivity contribution in [2.75, 3.05) is 6.54 Å². The van der Waals surface area contributed by atoms with E-state index in [9.17, 15) is 4.79 Å². The van der Waals surface area contributed by atoms with Crippen molar-refractivity contribution in [2.24, 2.45) is 0 Å². The van der Waals surface area contributed by atoms with Crippen molar-refractivity contribution in [3.63, 3.8) is 0 Å². The Morgan fingerprint density at radius 3 is 2.29 bits per heavy atom. The second-order valence-electron chi connectivity index (χ2n) is 7.75. The van der Waals surface area contributed by atoms with Gasteiger partial charge >= 0.3 is 0 Å². The summed E-state index contributed by atoms with van der Waals surface area (Å²) in [7, 11) is 0. The molecule has 0 saturated heterocycles. The van der Waals surface area contributed by atoms with Crippen LogP contribution in [0, 0.1) is 13.8 Å². The van der Waals surface area contributed by atoms with E-state index in [4.69, 9.17) is 0 Å². The quantitative estimate of drug-likeness (QED) is 0.409. The van der Waals surface area contributed by atoms with Gasteiger partial charge in [-0.3, -0.25) is 9.78 Å². The highest BCUT2D eigenvalue weighted by Gasteiger charge is 2.12. The first kappa shape index (κ1) is 20.6. The number of aromatic nitrogens is 2. The Morgan fingerprint density at radius 2 is 1.58 bits per heavy atom. The van der Waals surface area contributed by atoms with E-state index in [1.165, 1.54) is 17.0 Å². The number of carbonyl (C=O) groups excluding carboxylic acids is 1. The van der Waals surface area contributed by atoms with E-state index >= 15 is 0 Å². The van der Waals surface area contributed by atoms with Crippen LogP contribution in [-0.4, -0.2) is 22.0 Å². The van der Waals surface area contributed by atoms with E-state index in [1.54, 1.807) is 6.20 Å². The Bertz CT molecular complexity index is 1140. The number of benzene rings is 2. The molecule has 1 amide bonds. The zero-order chi connectivity index (χ0) is 21.6. The fourth-order valence-corrected chi connectivity index (χ4v) is 3.87. The van der Waals surface area contributed by atoms with Crippen molar-refractivity contribution in [2.45, 2.75) is 26.7 Å². The number of aryl methyl sites for hydroxylation is 3. The maximum atomic E-state index is 12.5. The van der Waals surface area contributed by atoms with Crippen molar-refractivity contribution in [1.82, 2.24) is 14.9 Å². The minimum Gasteiger partial charge on any atom is -0.352 e. The SMILES string of the molecule is Cc1ccc(C)n1-c1cccnc1-c1ccc(C(=O)NCCCc2ccccc2)cc1. The predicted molar refractivity (Wildman–Crippen MR) is 126 cm³/mol. The monoisotopic (exact) mass is 409 g/mol. The molecule has 0 radical (unpaired) electrons. The first-order valence-electron chi connectivity index (χ1n) is 10.7. The third-order valence-electron chi connectivity index (χ3n) is 5.49.